The Kier molecular flexibility index (Phi) is 5.57. The molecular formula is C36H42N4O2. The molecule has 42 heavy (non-hydrogen) atoms. The van der Waals surface area contributed by atoms with Crippen molar-refractivity contribution in [3.05, 3.63) is 60.5 Å². The highest BCUT2D eigenvalue weighted by molar-refractivity contribution is 6.09. The molecule has 7 unspecified atom stereocenters. The SMILES string of the molecule is O=C1CCC23CC45CN6CCCCC=CCCC(O)(C=C(c7nccc8c7[nH]c7ccccc78)C4CC6)C5N2CCC13. The van der Waals surface area contributed by atoms with Gasteiger partial charge in [-0.3, -0.25) is 14.7 Å². The molecule has 3 aromatic rings. The largest absolute Gasteiger partial charge is 0.384 e. The Morgan fingerprint density at radius 1 is 0.952 bits per heavy atom. The summed E-state index contributed by atoms with van der Waals surface area (Å²) in [6.07, 6.45) is 18.8. The molecule has 2 aromatic heterocycles. The van der Waals surface area contributed by atoms with Crippen molar-refractivity contribution in [3.8, 4) is 0 Å². The predicted molar refractivity (Wildman–Crippen MR) is 166 cm³/mol. The summed E-state index contributed by atoms with van der Waals surface area (Å²) in [7, 11) is 0. The first-order chi connectivity index (χ1) is 20.5. The van der Waals surface area contributed by atoms with E-state index in [2.05, 4.69) is 63.3 Å². The minimum absolute atomic E-state index is 0.0357. The topological polar surface area (TPSA) is 72.5 Å². The van der Waals surface area contributed by atoms with Crippen molar-refractivity contribution < 1.29 is 9.90 Å². The van der Waals surface area contributed by atoms with E-state index in [1.54, 1.807) is 0 Å². The van der Waals surface area contributed by atoms with Crippen molar-refractivity contribution in [2.75, 3.05) is 26.2 Å². The normalized spacial score (nSPS) is 39.9. The number of carbonyl (C=O) groups is 1. The van der Waals surface area contributed by atoms with Crippen LogP contribution in [-0.4, -0.2) is 74.0 Å². The number of allylic oxidation sites excluding steroid dienone is 3. The van der Waals surface area contributed by atoms with E-state index in [4.69, 9.17) is 4.98 Å². The summed E-state index contributed by atoms with van der Waals surface area (Å²) in [5, 5.41) is 15.6. The van der Waals surface area contributed by atoms with Crippen LogP contribution in [0.25, 0.3) is 27.4 Å². The Labute approximate surface area is 247 Å². The minimum atomic E-state index is -0.979. The Balaban J connectivity index is 1.28. The monoisotopic (exact) mass is 562 g/mol. The second-order valence-corrected chi connectivity index (χ2v) is 14.4. The zero-order valence-electron chi connectivity index (χ0n) is 24.5. The van der Waals surface area contributed by atoms with Crippen molar-refractivity contribution in [2.45, 2.75) is 81.4 Å². The summed E-state index contributed by atoms with van der Waals surface area (Å²) in [6.45, 7) is 4.16. The van der Waals surface area contributed by atoms with Gasteiger partial charge in [-0.1, -0.05) is 30.4 Å². The fourth-order valence-electron chi connectivity index (χ4n) is 11.0. The summed E-state index contributed by atoms with van der Waals surface area (Å²) in [4.78, 5) is 27.5. The lowest BCUT2D eigenvalue weighted by Crippen LogP contribution is -2.65. The van der Waals surface area contributed by atoms with Gasteiger partial charge in [0.15, 0.2) is 0 Å². The number of Topliss-reactive ketones (excluding diaryl/α,β-unsaturated/α-hetero) is 1. The fourth-order valence-corrected chi connectivity index (χ4v) is 11.0. The molecular weight excluding hydrogens is 520 g/mol. The Bertz CT molecular complexity index is 1660. The third-order valence-electron chi connectivity index (χ3n) is 12.4. The molecule has 7 atom stereocenters. The van der Waals surface area contributed by atoms with E-state index in [1.165, 1.54) is 29.2 Å². The molecule has 6 heterocycles. The van der Waals surface area contributed by atoms with Gasteiger partial charge in [0.1, 0.15) is 5.78 Å². The molecule has 6 nitrogen and oxygen atoms in total. The number of para-hydroxylation sites is 1. The van der Waals surface area contributed by atoms with Crippen LogP contribution in [0.5, 0.6) is 0 Å². The van der Waals surface area contributed by atoms with Gasteiger partial charge in [-0.25, -0.2) is 0 Å². The molecule has 6 aliphatic rings. The van der Waals surface area contributed by atoms with Crippen LogP contribution in [0.1, 0.15) is 69.9 Å². The summed E-state index contributed by atoms with van der Waals surface area (Å²) >= 11 is 0. The van der Waals surface area contributed by atoms with Gasteiger partial charge in [0, 0.05) is 52.3 Å². The molecule has 0 radical (unpaired) electrons. The Hall–Kier alpha value is -2.80. The summed E-state index contributed by atoms with van der Waals surface area (Å²) in [5.74, 6) is 0.908. The van der Waals surface area contributed by atoms with Crippen molar-refractivity contribution >= 4 is 33.2 Å². The van der Waals surface area contributed by atoms with Crippen molar-refractivity contribution in [2.24, 2.45) is 17.3 Å². The van der Waals surface area contributed by atoms with Gasteiger partial charge in [0.2, 0.25) is 0 Å². The number of benzene rings is 1. The van der Waals surface area contributed by atoms with Crippen LogP contribution in [-0.2, 0) is 4.79 Å². The number of ketones is 1. The maximum Gasteiger partial charge on any atom is 0.137 e. The van der Waals surface area contributed by atoms with Gasteiger partial charge < -0.3 is 15.0 Å². The van der Waals surface area contributed by atoms with Crippen LogP contribution in [0.2, 0.25) is 0 Å². The number of nitrogens with one attached hydrogen (secondary N) is 1. The second kappa shape index (κ2) is 9.10. The molecule has 6 heteroatoms. The van der Waals surface area contributed by atoms with E-state index >= 15 is 0 Å². The van der Waals surface area contributed by atoms with Gasteiger partial charge >= 0.3 is 0 Å². The molecule has 1 saturated carbocycles. The Morgan fingerprint density at radius 2 is 1.83 bits per heavy atom. The molecule has 3 bridgehead atoms. The highest BCUT2D eigenvalue weighted by atomic mass is 16.3. The predicted octanol–water partition coefficient (Wildman–Crippen LogP) is 5.87. The fraction of sp³-hybridized carbons (Fsp3) is 0.556. The molecule has 1 aromatic carbocycles. The first-order valence-corrected chi connectivity index (χ1v) is 16.5. The molecule has 2 spiro atoms. The van der Waals surface area contributed by atoms with E-state index in [0.717, 1.165) is 81.4 Å². The van der Waals surface area contributed by atoms with E-state index < -0.39 is 5.60 Å². The van der Waals surface area contributed by atoms with Crippen LogP contribution >= 0.6 is 0 Å². The first kappa shape index (κ1) is 25.7. The number of hydrogen-bond acceptors (Lipinski definition) is 5. The lowest BCUT2D eigenvalue weighted by molar-refractivity contribution is -0.121. The molecule has 0 amide bonds. The van der Waals surface area contributed by atoms with E-state index in [-0.39, 0.29) is 22.9 Å². The van der Waals surface area contributed by atoms with Gasteiger partial charge in [-0.2, -0.15) is 0 Å². The second-order valence-electron chi connectivity index (χ2n) is 14.4. The molecule has 9 rings (SSSR count). The molecule has 4 aliphatic heterocycles. The highest BCUT2D eigenvalue weighted by Crippen LogP contribution is 2.68. The number of hydrogen-bond donors (Lipinski definition) is 2. The van der Waals surface area contributed by atoms with E-state index in [1.807, 2.05) is 6.20 Å². The molecule has 3 saturated heterocycles. The number of carbonyl (C=O) groups excluding carboxylic acids is 1. The van der Waals surface area contributed by atoms with Crippen molar-refractivity contribution in [1.29, 1.82) is 0 Å². The van der Waals surface area contributed by atoms with Gasteiger partial charge in [-0.05, 0) is 107 Å². The summed E-state index contributed by atoms with van der Waals surface area (Å²) in [6, 6.07) is 10.7. The molecule has 4 fully saturated rings. The average molecular weight is 563 g/mol. The first-order valence-electron chi connectivity index (χ1n) is 16.5. The summed E-state index contributed by atoms with van der Waals surface area (Å²) < 4.78 is 0. The third kappa shape index (κ3) is 3.37. The number of fused-ring (bicyclic) bond motifs is 4. The van der Waals surface area contributed by atoms with Crippen LogP contribution in [0, 0.1) is 17.3 Å². The lowest BCUT2D eigenvalue weighted by Gasteiger charge is -2.58. The Morgan fingerprint density at radius 3 is 2.79 bits per heavy atom. The number of H-pyrrole nitrogens is 1. The zero-order valence-corrected chi connectivity index (χ0v) is 24.5. The maximum absolute atomic E-state index is 13.3. The van der Waals surface area contributed by atoms with Crippen LogP contribution in [0.4, 0.5) is 0 Å². The van der Waals surface area contributed by atoms with Crippen LogP contribution in [0.15, 0.2) is 54.8 Å². The number of rotatable bonds is 1. The molecule has 2 aliphatic carbocycles. The molecule has 218 valence electrons. The third-order valence-corrected chi connectivity index (χ3v) is 12.4. The van der Waals surface area contributed by atoms with Gasteiger partial charge in [-0.15, -0.1) is 0 Å². The smallest absolute Gasteiger partial charge is 0.137 e. The van der Waals surface area contributed by atoms with Crippen LogP contribution < -0.4 is 0 Å². The summed E-state index contributed by atoms with van der Waals surface area (Å²) in [5.41, 5.74) is 3.30. The standard InChI is InChI=1S/C36H42N4O2/c41-30-11-16-35-22-34-23-39-18-8-4-2-1-3-7-15-36(42,33(34)40(35)20-14-28(30)35)21-26(27(34)13-19-39)31-32-25(12-17-37-31)24-9-5-6-10-29(24)38-32/h1,3,5-6,9-10,12,17,21,27-28,33,38,42H,2,4,7-8,11,13-16,18-20,22-23H2. The average Bonchev–Trinajstić information content (AvgIpc) is 3.70. The number of pyridine rings is 1. The van der Waals surface area contributed by atoms with Crippen LogP contribution in [0.3, 0.4) is 0 Å². The number of nitrogens with zero attached hydrogens (tertiary/aromatic N) is 3. The number of aromatic amines is 1. The highest BCUT2D eigenvalue weighted by Gasteiger charge is 2.74. The number of aliphatic hydroxyl groups is 1. The van der Waals surface area contributed by atoms with E-state index in [9.17, 15) is 9.90 Å². The lowest BCUT2D eigenvalue weighted by atomic mass is 9.53. The zero-order chi connectivity index (χ0) is 28.1. The molecule has 2 N–H and O–H groups in total. The maximum atomic E-state index is 13.3. The van der Waals surface area contributed by atoms with Gasteiger partial charge in [0.25, 0.3) is 0 Å². The minimum Gasteiger partial charge on any atom is -0.384 e. The number of piperidine rings is 1. The van der Waals surface area contributed by atoms with Gasteiger partial charge in [0.05, 0.1) is 22.9 Å². The van der Waals surface area contributed by atoms with Crippen molar-refractivity contribution in [1.82, 2.24) is 19.8 Å². The van der Waals surface area contributed by atoms with E-state index in [0.29, 0.717) is 24.5 Å². The quantitative estimate of drug-likeness (QED) is 0.363. The van der Waals surface area contributed by atoms with Crippen molar-refractivity contribution in [3.63, 3.8) is 0 Å². The number of aromatic nitrogens is 2.